The second-order valence-electron chi connectivity index (χ2n) is 5.71. The van der Waals surface area contributed by atoms with Crippen LogP contribution in [0.25, 0.3) is 0 Å². The highest BCUT2D eigenvalue weighted by Crippen LogP contribution is 2.36. The lowest BCUT2D eigenvalue weighted by molar-refractivity contribution is -0.137. The molecule has 0 bridgehead atoms. The van der Waals surface area contributed by atoms with Gasteiger partial charge in [0.2, 0.25) is 0 Å². The van der Waals surface area contributed by atoms with Crippen LogP contribution in [0.5, 0.6) is 5.75 Å². The van der Waals surface area contributed by atoms with E-state index in [-0.39, 0.29) is 17.9 Å². The van der Waals surface area contributed by atoms with Crippen LogP contribution in [0.3, 0.4) is 0 Å². The third-order valence-corrected chi connectivity index (χ3v) is 5.31. The van der Waals surface area contributed by atoms with Gasteiger partial charge in [0.05, 0.1) is 15.6 Å². The highest BCUT2D eigenvalue weighted by molar-refractivity contribution is 7.08. The zero-order chi connectivity index (χ0) is 20.3. The minimum Gasteiger partial charge on any atom is -0.489 e. The van der Waals surface area contributed by atoms with Crippen molar-refractivity contribution < 1.29 is 22.7 Å². The lowest BCUT2D eigenvalue weighted by Crippen LogP contribution is -2.13. The number of anilines is 1. The van der Waals surface area contributed by atoms with E-state index in [9.17, 15) is 18.0 Å². The van der Waals surface area contributed by atoms with Crippen LogP contribution in [0.15, 0.2) is 53.2 Å². The van der Waals surface area contributed by atoms with Crippen LogP contribution >= 0.6 is 34.5 Å². The van der Waals surface area contributed by atoms with E-state index < -0.39 is 22.7 Å². The highest BCUT2D eigenvalue weighted by atomic mass is 35.5. The largest absolute Gasteiger partial charge is 0.489 e. The van der Waals surface area contributed by atoms with Gasteiger partial charge in [-0.05, 0) is 41.8 Å². The molecule has 2 aromatic carbocycles. The molecule has 1 N–H and O–H groups in total. The summed E-state index contributed by atoms with van der Waals surface area (Å²) in [5.41, 5.74) is 0.0228. The molecule has 0 fully saturated rings. The second-order valence-corrected chi connectivity index (χ2v) is 7.27. The van der Waals surface area contributed by atoms with Gasteiger partial charge in [-0.2, -0.15) is 24.5 Å². The second kappa shape index (κ2) is 8.43. The van der Waals surface area contributed by atoms with Crippen molar-refractivity contribution in [1.29, 1.82) is 0 Å². The molecule has 1 aromatic heterocycles. The fourth-order valence-corrected chi connectivity index (χ4v) is 3.57. The van der Waals surface area contributed by atoms with E-state index in [1.807, 2.05) is 5.38 Å². The van der Waals surface area contributed by atoms with E-state index in [0.29, 0.717) is 10.8 Å². The van der Waals surface area contributed by atoms with Gasteiger partial charge < -0.3 is 10.1 Å². The van der Waals surface area contributed by atoms with Crippen molar-refractivity contribution in [3.63, 3.8) is 0 Å². The summed E-state index contributed by atoms with van der Waals surface area (Å²) in [5.74, 6) is -0.142. The number of ether oxygens (including phenoxy) is 1. The number of carbonyl (C=O) groups excluding carboxylic acids is 1. The summed E-state index contributed by atoms with van der Waals surface area (Å²) in [4.78, 5) is 12.4. The van der Waals surface area contributed by atoms with E-state index in [4.69, 9.17) is 27.9 Å². The smallest absolute Gasteiger partial charge is 0.417 e. The number of benzene rings is 2. The molecule has 0 aliphatic heterocycles. The summed E-state index contributed by atoms with van der Waals surface area (Å²) in [6.07, 6.45) is -4.62. The van der Waals surface area contributed by atoms with Crippen LogP contribution in [-0.4, -0.2) is 5.91 Å². The van der Waals surface area contributed by atoms with Crippen LogP contribution in [0.1, 0.15) is 21.5 Å². The Morgan fingerprint density at radius 1 is 1.07 bits per heavy atom. The van der Waals surface area contributed by atoms with Crippen LogP contribution < -0.4 is 10.1 Å². The van der Waals surface area contributed by atoms with Gasteiger partial charge >= 0.3 is 6.18 Å². The van der Waals surface area contributed by atoms with Gasteiger partial charge in [0.25, 0.3) is 5.91 Å². The lowest BCUT2D eigenvalue weighted by Gasteiger charge is -2.12. The van der Waals surface area contributed by atoms with Gasteiger partial charge in [0, 0.05) is 22.2 Å². The highest BCUT2D eigenvalue weighted by Gasteiger charge is 2.33. The molecule has 3 nitrogen and oxygen atoms in total. The van der Waals surface area contributed by atoms with Crippen molar-refractivity contribution in [1.82, 2.24) is 0 Å². The molecule has 1 amide bonds. The molecular weight excluding hydrogens is 434 g/mol. The predicted molar refractivity (Wildman–Crippen MR) is 105 cm³/mol. The first-order chi connectivity index (χ1) is 13.2. The molecule has 0 saturated carbocycles. The fraction of sp³-hybridized carbons (Fsp3) is 0.105. The molecule has 146 valence electrons. The van der Waals surface area contributed by atoms with Crippen molar-refractivity contribution in [3.8, 4) is 5.75 Å². The topological polar surface area (TPSA) is 38.3 Å². The van der Waals surface area contributed by atoms with Gasteiger partial charge in [0.15, 0.2) is 0 Å². The van der Waals surface area contributed by atoms with Crippen molar-refractivity contribution in [2.75, 3.05) is 5.32 Å². The van der Waals surface area contributed by atoms with Crippen molar-refractivity contribution in [2.24, 2.45) is 0 Å². The Morgan fingerprint density at radius 2 is 1.86 bits per heavy atom. The van der Waals surface area contributed by atoms with Crippen molar-refractivity contribution in [3.05, 3.63) is 80.0 Å². The van der Waals surface area contributed by atoms with Crippen LogP contribution in [0.4, 0.5) is 18.9 Å². The number of amides is 1. The average molecular weight is 446 g/mol. The Kier molecular flexibility index (Phi) is 6.17. The summed E-state index contributed by atoms with van der Waals surface area (Å²) in [5, 5.41) is 6.24. The molecule has 0 spiro atoms. The van der Waals surface area contributed by atoms with E-state index in [0.717, 1.165) is 17.7 Å². The molecule has 1 heterocycles. The minimum absolute atomic E-state index is 0.0156. The molecule has 0 radical (unpaired) electrons. The zero-order valence-corrected chi connectivity index (χ0v) is 16.3. The molecule has 0 saturated heterocycles. The third-order valence-electron chi connectivity index (χ3n) is 3.71. The summed E-state index contributed by atoms with van der Waals surface area (Å²) in [7, 11) is 0. The Hall–Kier alpha value is -2.22. The third kappa shape index (κ3) is 4.98. The number of halogens is 5. The molecule has 0 aliphatic carbocycles. The van der Waals surface area contributed by atoms with Crippen molar-refractivity contribution >= 4 is 46.1 Å². The molecular formula is C19H12Cl2F3NO2S. The number of thiophene rings is 1. The maximum absolute atomic E-state index is 12.9. The molecule has 0 unspecified atom stereocenters. The lowest BCUT2D eigenvalue weighted by atomic mass is 10.1. The molecule has 0 atom stereocenters. The number of nitrogens with one attached hydrogen (secondary N) is 1. The van der Waals surface area contributed by atoms with Crippen LogP contribution in [-0.2, 0) is 12.8 Å². The summed E-state index contributed by atoms with van der Waals surface area (Å²) in [6.45, 7) is 0.236. The number of carbonyl (C=O) groups is 1. The quantitative estimate of drug-likeness (QED) is 0.463. The molecule has 3 aromatic rings. The number of alkyl halides is 3. The van der Waals surface area contributed by atoms with E-state index in [1.165, 1.54) is 29.5 Å². The fourth-order valence-electron chi connectivity index (χ4n) is 2.32. The summed E-state index contributed by atoms with van der Waals surface area (Å²) in [6, 6.07) is 9.48. The average Bonchev–Trinajstić information content (AvgIpc) is 3.06. The first-order valence-electron chi connectivity index (χ1n) is 7.85. The first kappa shape index (κ1) is 20.5. The van der Waals surface area contributed by atoms with E-state index >= 15 is 0 Å². The van der Waals surface area contributed by atoms with Gasteiger partial charge in [-0.3, -0.25) is 4.79 Å². The molecule has 28 heavy (non-hydrogen) atoms. The number of hydrogen-bond acceptors (Lipinski definition) is 3. The SMILES string of the molecule is O=C(Nc1ccc(Cl)c(C(F)(F)F)c1)c1cccc(OCc2cscc2Cl)c1. The Bertz CT molecular complexity index is 1000. The van der Waals surface area contributed by atoms with Gasteiger partial charge in [-0.15, -0.1) is 0 Å². The maximum atomic E-state index is 12.9. The molecule has 9 heteroatoms. The first-order valence-corrected chi connectivity index (χ1v) is 9.55. The standard InChI is InChI=1S/C19H12Cl2F3NO2S/c20-16-5-4-13(7-15(16)19(22,23)24)25-18(26)11-2-1-3-14(6-11)27-8-12-9-28-10-17(12)21/h1-7,9-10H,8H2,(H,25,26). The Balaban J connectivity index is 1.72. The Labute approximate surface area is 172 Å². The Morgan fingerprint density at radius 3 is 2.54 bits per heavy atom. The monoisotopic (exact) mass is 445 g/mol. The number of hydrogen-bond donors (Lipinski definition) is 1. The summed E-state index contributed by atoms with van der Waals surface area (Å²) < 4.78 is 44.5. The maximum Gasteiger partial charge on any atom is 0.417 e. The summed E-state index contributed by atoms with van der Waals surface area (Å²) >= 11 is 13.0. The van der Waals surface area contributed by atoms with Crippen LogP contribution in [0, 0.1) is 0 Å². The van der Waals surface area contributed by atoms with Crippen molar-refractivity contribution in [2.45, 2.75) is 12.8 Å². The van der Waals surface area contributed by atoms with Gasteiger partial charge in [0.1, 0.15) is 12.4 Å². The van der Waals surface area contributed by atoms with E-state index in [2.05, 4.69) is 5.32 Å². The number of rotatable bonds is 5. The van der Waals surface area contributed by atoms with Gasteiger partial charge in [-0.25, -0.2) is 0 Å². The molecule has 0 aliphatic rings. The van der Waals surface area contributed by atoms with Gasteiger partial charge in [-0.1, -0.05) is 29.3 Å². The molecule has 3 rings (SSSR count). The normalized spacial score (nSPS) is 11.3. The van der Waals surface area contributed by atoms with E-state index in [1.54, 1.807) is 17.5 Å². The van der Waals surface area contributed by atoms with Crippen LogP contribution in [0.2, 0.25) is 10.0 Å². The minimum atomic E-state index is -4.62. The zero-order valence-electron chi connectivity index (χ0n) is 14.0. The predicted octanol–water partition coefficient (Wildman–Crippen LogP) is 6.91.